The summed E-state index contributed by atoms with van der Waals surface area (Å²) in [7, 11) is 0. The molecule has 1 aromatic carbocycles. The maximum absolute atomic E-state index is 12.9. The lowest BCUT2D eigenvalue weighted by Crippen LogP contribution is -2.24. The quantitative estimate of drug-likeness (QED) is 0.770. The Balaban J connectivity index is 1.86. The number of carbonyl (C=O) groups is 2. The van der Waals surface area contributed by atoms with Crippen LogP contribution in [0.1, 0.15) is 29.8 Å². The molecular formula is C16H16FNO4. The number of hydrogen-bond acceptors (Lipinski definition) is 3. The highest BCUT2D eigenvalue weighted by Crippen LogP contribution is 2.22. The number of benzene rings is 1. The second-order valence-electron chi connectivity index (χ2n) is 4.78. The van der Waals surface area contributed by atoms with E-state index in [1.165, 1.54) is 12.1 Å². The first-order valence-corrected chi connectivity index (χ1v) is 6.92. The van der Waals surface area contributed by atoms with Crippen molar-refractivity contribution < 1.29 is 23.5 Å². The van der Waals surface area contributed by atoms with Gasteiger partial charge in [0.05, 0.1) is 0 Å². The predicted molar refractivity (Wildman–Crippen MR) is 77.9 cm³/mol. The van der Waals surface area contributed by atoms with E-state index in [2.05, 4.69) is 5.32 Å². The second kappa shape index (κ2) is 7.40. The molecule has 1 aromatic heterocycles. The summed E-state index contributed by atoms with van der Waals surface area (Å²) >= 11 is 0. The number of hydrogen-bond donors (Lipinski definition) is 2. The van der Waals surface area contributed by atoms with E-state index in [1.54, 1.807) is 24.3 Å². The fourth-order valence-electron chi connectivity index (χ4n) is 1.92. The zero-order valence-corrected chi connectivity index (χ0v) is 11.8. The van der Waals surface area contributed by atoms with Gasteiger partial charge in [-0.25, -0.2) is 4.39 Å². The molecule has 0 spiro atoms. The zero-order chi connectivity index (χ0) is 15.9. The summed E-state index contributed by atoms with van der Waals surface area (Å²) in [4.78, 5) is 22.2. The van der Waals surface area contributed by atoms with Gasteiger partial charge >= 0.3 is 5.97 Å². The fourth-order valence-corrected chi connectivity index (χ4v) is 1.92. The number of furan rings is 1. The summed E-state index contributed by atoms with van der Waals surface area (Å²) < 4.78 is 18.3. The van der Waals surface area contributed by atoms with Crippen molar-refractivity contribution in [1.29, 1.82) is 0 Å². The first kappa shape index (κ1) is 15.8. The van der Waals surface area contributed by atoms with Crippen LogP contribution in [0.2, 0.25) is 0 Å². The molecule has 22 heavy (non-hydrogen) atoms. The molecule has 2 rings (SSSR count). The van der Waals surface area contributed by atoms with E-state index < -0.39 is 5.97 Å². The fraction of sp³-hybridized carbons (Fsp3) is 0.250. The number of unbranched alkanes of at least 4 members (excludes halogenated alkanes) is 1. The predicted octanol–water partition coefficient (Wildman–Crippen LogP) is 3.07. The molecule has 2 aromatic rings. The van der Waals surface area contributed by atoms with Gasteiger partial charge in [-0.2, -0.15) is 0 Å². The minimum atomic E-state index is -0.846. The number of aliphatic carboxylic acids is 1. The van der Waals surface area contributed by atoms with Gasteiger partial charge in [-0.1, -0.05) is 0 Å². The highest BCUT2D eigenvalue weighted by molar-refractivity contribution is 5.92. The molecule has 5 nitrogen and oxygen atoms in total. The van der Waals surface area contributed by atoms with Crippen molar-refractivity contribution in [1.82, 2.24) is 5.32 Å². The van der Waals surface area contributed by atoms with Crippen LogP contribution in [0.25, 0.3) is 11.3 Å². The summed E-state index contributed by atoms with van der Waals surface area (Å²) in [5, 5.41) is 11.2. The summed E-state index contributed by atoms with van der Waals surface area (Å²) in [5.41, 5.74) is 0.682. The second-order valence-corrected chi connectivity index (χ2v) is 4.78. The van der Waals surface area contributed by atoms with Crippen molar-refractivity contribution in [2.45, 2.75) is 19.3 Å². The van der Waals surface area contributed by atoms with Gasteiger partial charge in [0, 0.05) is 18.5 Å². The summed E-state index contributed by atoms with van der Waals surface area (Å²) in [6.45, 7) is 0.388. The van der Waals surface area contributed by atoms with Gasteiger partial charge in [0.15, 0.2) is 5.76 Å². The topological polar surface area (TPSA) is 79.5 Å². The van der Waals surface area contributed by atoms with Crippen molar-refractivity contribution in [3.05, 3.63) is 48.0 Å². The molecule has 0 aliphatic carbocycles. The minimum Gasteiger partial charge on any atom is -0.481 e. The molecule has 116 valence electrons. The monoisotopic (exact) mass is 305 g/mol. The van der Waals surface area contributed by atoms with Crippen molar-refractivity contribution >= 4 is 11.9 Å². The Labute approximate surface area is 126 Å². The van der Waals surface area contributed by atoms with Crippen LogP contribution in [-0.4, -0.2) is 23.5 Å². The molecule has 0 aliphatic rings. The van der Waals surface area contributed by atoms with Crippen molar-refractivity contribution in [2.24, 2.45) is 0 Å². The Bertz CT molecular complexity index is 648. The normalized spacial score (nSPS) is 10.4. The van der Waals surface area contributed by atoms with Crippen LogP contribution in [0.3, 0.4) is 0 Å². The van der Waals surface area contributed by atoms with Gasteiger partial charge in [0.1, 0.15) is 11.6 Å². The number of carboxylic acid groups (broad SMARTS) is 1. The Morgan fingerprint density at radius 3 is 2.50 bits per heavy atom. The van der Waals surface area contributed by atoms with Gasteiger partial charge in [-0.05, 0) is 49.2 Å². The SMILES string of the molecule is O=C(O)CCCCNC(=O)c1ccc(-c2ccc(F)cc2)o1. The van der Waals surface area contributed by atoms with Crippen LogP contribution in [0, 0.1) is 5.82 Å². The van der Waals surface area contributed by atoms with Crippen LogP contribution in [-0.2, 0) is 4.79 Å². The highest BCUT2D eigenvalue weighted by Gasteiger charge is 2.11. The number of carbonyl (C=O) groups excluding carboxylic acids is 1. The van der Waals surface area contributed by atoms with Crippen LogP contribution in [0.5, 0.6) is 0 Å². The lowest BCUT2D eigenvalue weighted by atomic mass is 10.2. The first-order valence-electron chi connectivity index (χ1n) is 6.92. The van der Waals surface area contributed by atoms with Crippen LogP contribution in [0.15, 0.2) is 40.8 Å². The van der Waals surface area contributed by atoms with Gasteiger partial charge in [-0.15, -0.1) is 0 Å². The average Bonchev–Trinajstić information content (AvgIpc) is 2.97. The molecule has 0 unspecified atom stereocenters. The van der Waals surface area contributed by atoms with Gasteiger partial charge in [0.25, 0.3) is 5.91 Å². The maximum atomic E-state index is 12.9. The van der Waals surface area contributed by atoms with E-state index in [9.17, 15) is 14.0 Å². The van der Waals surface area contributed by atoms with E-state index in [0.717, 1.165) is 0 Å². The Morgan fingerprint density at radius 2 is 1.82 bits per heavy atom. The Morgan fingerprint density at radius 1 is 1.09 bits per heavy atom. The van der Waals surface area contributed by atoms with Crippen molar-refractivity contribution in [3.63, 3.8) is 0 Å². The van der Waals surface area contributed by atoms with Gasteiger partial charge in [0.2, 0.25) is 0 Å². The minimum absolute atomic E-state index is 0.0886. The van der Waals surface area contributed by atoms with Crippen molar-refractivity contribution in [2.75, 3.05) is 6.54 Å². The molecule has 0 radical (unpaired) electrons. The van der Waals surface area contributed by atoms with E-state index in [4.69, 9.17) is 9.52 Å². The largest absolute Gasteiger partial charge is 0.481 e. The average molecular weight is 305 g/mol. The molecule has 6 heteroatoms. The van der Waals surface area contributed by atoms with Crippen molar-refractivity contribution in [3.8, 4) is 11.3 Å². The number of nitrogens with one attached hydrogen (secondary N) is 1. The van der Waals surface area contributed by atoms with Crippen LogP contribution < -0.4 is 5.32 Å². The highest BCUT2D eigenvalue weighted by atomic mass is 19.1. The standard InChI is InChI=1S/C16H16FNO4/c17-12-6-4-11(5-7-12)13-8-9-14(22-13)16(21)18-10-2-1-3-15(19)20/h4-9H,1-3,10H2,(H,18,21)(H,19,20). The first-order chi connectivity index (χ1) is 10.6. The number of halogens is 1. The zero-order valence-electron chi connectivity index (χ0n) is 11.8. The maximum Gasteiger partial charge on any atom is 0.303 e. The van der Waals surface area contributed by atoms with E-state index in [-0.39, 0.29) is 23.9 Å². The number of amides is 1. The molecule has 0 aliphatic heterocycles. The lowest BCUT2D eigenvalue weighted by molar-refractivity contribution is -0.137. The van der Waals surface area contributed by atoms with Crippen LogP contribution >= 0.6 is 0 Å². The summed E-state index contributed by atoms with van der Waals surface area (Å²) in [5.74, 6) is -0.895. The van der Waals surface area contributed by atoms with E-state index in [1.807, 2.05) is 0 Å². The number of rotatable bonds is 7. The third-order valence-corrected chi connectivity index (χ3v) is 3.06. The lowest BCUT2D eigenvalue weighted by Gasteiger charge is -2.02. The van der Waals surface area contributed by atoms with E-state index in [0.29, 0.717) is 30.7 Å². The molecule has 0 bridgehead atoms. The molecule has 0 atom stereocenters. The third kappa shape index (κ3) is 4.44. The Kier molecular flexibility index (Phi) is 5.30. The Hall–Kier alpha value is -2.63. The van der Waals surface area contributed by atoms with Crippen LogP contribution in [0.4, 0.5) is 4.39 Å². The molecule has 0 saturated heterocycles. The summed E-state index contributed by atoms with van der Waals surface area (Å²) in [6.07, 6.45) is 1.18. The van der Waals surface area contributed by atoms with Gasteiger partial charge in [-0.3, -0.25) is 9.59 Å². The molecule has 0 saturated carbocycles. The van der Waals surface area contributed by atoms with E-state index >= 15 is 0 Å². The molecule has 2 N–H and O–H groups in total. The number of carboxylic acids is 1. The molecule has 0 fully saturated rings. The molecule has 1 heterocycles. The molecule has 1 amide bonds. The smallest absolute Gasteiger partial charge is 0.303 e. The summed E-state index contributed by atoms with van der Waals surface area (Å²) in [6, 6.07) is 8.97. The molecular weight excluding hydrogens is 289 g/mol. The third-order valence-electron chi connectivity index (χ3n) is 3.06. The van der Waals surface area contributed by atoms with Gasteiger partial charge < -0.3 is 14.8 Å².